The number of nitrogens with two attached hydrogens (primary N) is 1. The quantitative estimate of drug-likeness (QED) is 0.806. The van der Waals surface area contributed by atoms with E-state index in [0.29, 0.717) is 6.54 Å². The Labute approximate surface area is 89.7 Å². The molecule has 1 heterocycles. The molecule has 0 aliphatic heterocycles. The second-order valence-corrected chi connectivity index (χ2v) is 5.47. The van der Waals surface area contributed by atoms with E-state index < -0.39 is 0 Å². The molecule has 0 bridgehead atoms. The highest BCUT2D eigenvalue weighted by molar-refractivity contribution is 7.11. The van der Waals surface area contributed by atoms with Gasteiger partial charge in [0.15, 0.2) is 0 Å². The largest absolute Gasteiger partial charge is 0.326 e. The molecule has 0 spiro atoms. The SMILES string of the molecule is CN(Cc1ccc(CN)s1)CC1CC1. The predicted molar refractivity (Wildman–Crippen MR) is 61.3 cm³/mol. The van der Waals surface area contributed by atoms with E-state index in [0.717, 1.165) is 12.5 Å². The van der Waals surface area contributed by atoms with Crippen LogP contribution in [0.2, 0.25) is 0 Å². The van der Waals surface area contributed by atoms with Crippen molar-refractivity contribution in [2.24, 2.45) is 11.7 Å². The van der Waals surface area contributed by atoms with E-state index in [-0.39, 0.29) is 0 Å². The third-order valence-corrected chi connectivity index (χ3v) is 3.70. The van der Waals surface area contributed by atoms with Crippen molar-refractivity contribution in [1.82, 2.24) is 4.90 Å². The molecule has 1 aromatic rings. The van der Waals surface area contributed by atoms with E-state index in [9.17, 15) is 0 Å². The Kier molecular flexibility index (Phi) is 3.21. The summed E-state index contributed by atoms with van der Waals surface area (Å²) in [5.41, 5.74) is 5.58. The molecular weight excluding hydrogens is 192 g/mol. The summed E-state index contributed by atoms with van der Waals surface area (Å²) >= 11 is 1.84. The van der Waals surface area contributed by atoms with Gasteiger partial charge in [-0.05, 0) is 37.9 Å². The van der Waals surface area contributed by atoms with E-state index in [1.165, 1.54) is 29.1 Å². The number of nitrogens with zero attached hydrogens (tertiary/aromatic N) is 1. The van der Waals surface area contributed by atoms with Crippen LogP contribution >= 0.6 is 11.3 Å². The summed E-state index contributed by atoms with van der Waals surface area (Å²) < 4.78 is 0. The summed E-state index contributed by atoms with van der Waals surface area (Å²) in [6.45, 7) is 3.02. The van der Waals surface area contributed by atoms with Gasteiger partial charge in [-0.3, -0.25) is 0 Å². The molecule has 2 N–H and O–H groups in total. The Morgan fingerprint density at radius 3 is 2.71 bits per heavy atom. The maximum absolute atomic E-state index is 5.58. The summed E-state index contributed by atoms with van der Waals surface area (Å²) in [5, 5.41) is 0. The van der Waals surface area contributed by atoms with Crippen LogP contribution in [0.5, 0.6) is 0 Å². The van der Waals surface area contributed by atoms with E-state index >= 15 is 0 Å². The molecule has 3 heteroatoms. The van der Waals surface area contributed by atoms with Gasteiger partial charge in [0, 0.05) is 29.4 Å². The van der Waals surface area contributed by atoms with Gasteiger partial charge in [0.2, 0.25) is 0 Å². The second kappa shape index (κ2) is 4.43. The second-order valence-electron chi connectivity index (χ2n) is 4.21. The molecule has 0 aromatic carbocycles. The van der Waals surface area contributed by atoms with Crippen LogP contribution in [0.25, 0.3) is 0 Å². The lowest BCUT2D eigenvalue weighted by molar-refractivity contribution is 0.316. The lowest BCUT2D eigenvalue weighted by Crippen LogP contribution is -2.19. The molecule has 1 saturated carbocycles. The molecule has 1 fully saturated rings. The van der Waals surface area contributed by atoms with Crippen LogP contribution in [0.4, 0.5) is 0 Å². The van der Waals surface area contributed by atoms with Crippen molar-refractivity contribution in [2.45, 2.75) is 25.9 Å². The van der Waals surface area contributed by atoms with Gasteiger partial charge in [-0.1, -0.05) is 0 Å². The standard InChI is InChI=1S/C11H18N2S/c1-13(7-9-2-3-9)8-11-5-4-10(6-12)14-11/h4-5,9H,2-3,6-8,12H2,1H3. The summed E-state index contributed by atoms with van der Waals surface area (Å²) in [6.07, 6.45) is 2.87. The van der Waals surface area contributed by atoms with Crippen molar-refractivity contribution in [3.63, 3.8) is 0 Å². The zero-order valence-corrected chi connectivity index (χ0v) is 9.52. The van der Waals surface area contributed by atoms with Gasteiger partial charge in [0.25, 0.3) is 0 Å². The van der Waals surface area contributed by atoms with E-state index in [2.05, 4.69) is 24.1 Å². The zero-order valence-electron chi connectivity index (χ0n) is 8.70. The van der Waals surface area contributed by atoms with Crippen LogP contribution in [0.1, 0.15) is 22.6 Å². The van der Waals surface area contributed by atoms with Crippen LogP contribution in [0.3, 0.4) is 0 Å². The van der Waals surface area contributed by atoms with Gasteiger partial charge >= 0.3 is 0 Å². The van der Waals surface area contributed by atoms with Gasteiger partial charge in [0.1, 0.15) is 0 Å². The third kappa shape index (κ3) is 2.80. The monoisotopic (exact) mass is 210 g/mol. The topological polar surface area (TPSA) is 29.3 Å². The third-order valence-electron chi connectivity index (χ3n) is 2.61. The molecule has 2 nitrogen and oxygen atoms in total. The van der Waals surface area contributed by atoms with Gasteiger partial charge in [-0.15, -0.1) is 11.3 Å². The molecule has 0 unspecified atom stereocenters. The maximum atomic E-state index is 5.58. The number of rotatable bonds is 5. The zero-order chi connectivity index (χ0) is 9.97. The average molecular weight is 210 g/mol. The number of thiophene rings is 1. The predicted octanol–water partition coefficient (Wildman–Crippen LogP) is 2.05. The van der Waals surface area contributed by atoms with Crippen molar-refractivity contribution in [2.75, 3.05) is 13.6 Å². The molecule has 1 aromatic heterocycles. The fourth-order valence-corrected chi connectivity index (χ4v) is 2.67. The van der Waals surface area contributed by atoms with Gasteiger partial charge < -0.3 is 10.6 Å². The minimum absolute atomic E-state index is 0.678. The first-order valence-corrected chi connectivity index (χ1v) is 6.06. The molecule has 0 amide bonds. The minimum atomic E-state index is 0.678. The van der Waals surface area contributed by atoms with Crippen LogP contribution in [-0.2, 0) is 13.1 Å². The molecule has 0 saturated heterocycles. The number of hydrogen-bond acceptors (Lipinski definition) is 3. The number of hydrogen-bond donors (Lipinski definition) is 1. The Balaban J connectivity index is 1.82. The minimum Gasteiger partial charge on any atom is -0.326 e. The van der Waals surface area contributed by atoms with Gasteiger partial charge in [-0.25, -0.2) is 0 Å². The van der Waals surface area contributed by atoms with E-state index in [1.54, 1.807) is 0 Å². The lowest BCUT2D eigenvalue weighted by atomic mass is 10.3. The highest BCUT2D eigenvalue weighted by atomic mass is 32.1. The first-order chi connectivity index (χ1) is 6.78. The Hall–Kier alpha value is -0.380. The van der Waals surface area contributed by atoms with Crippen molar-refractivity contribution < 1.29 is 0 Å². The van der Waals surface area contributed by atoms with Gasteiger partial charge in [-0.2, -0.15) is 0 Å². The first kappa shape index (κ1) is 10.1. The van der Waals surface area contributed by atoms with Gasteiger partial charge in [0.05, 0.1) is 0 Å². The van der Waals surface area contributed by atoms with Crippen LogP contribution in [-0.4, -0.2) is 18.5 Å². The molecule has 1 aliphatic rings. The molecule has 0 atom stereocenters. The highest BCUT2D eigenvalue weighted by Gasteiger charge is 2.22. The molecule has 0 radical (unpaired) electrons. The Bertz CT molecular complexity index is 291. The fraction of sp³-hybridized carbons (Fsp3) is 0.636. The van der Waals surface area contributed by atoms with Crippen LogP contribution in [0.15, 0.2) is 12.1 Å². The van der Waals surface area contributed by atoms with Crippen LogP contribution in [0, 0.1) is 5.92 Å². The normalized spacial score (nSPS) is 16.5. The Morgan fingerprint density at radius 2 is 2.14 bits per heavy atom. The van der Waals surface area contributed by atoms with Crippen molar-refractivity contribution in [3.05, 3.63) is 21.9 Å². The summed E-state index contributed by atoms with van der Waals surface area (Å²) in [7, 11) is 2.21. The maximum Gasteiger partial charge on any atom is 0.0325 e. The summed E-state index contributed by atoms with van der Waals surface area (Å²) in [5.74, 6) is 0.981. The smallest absolute Gasteiger partial charge is 0.0325 e. The molecular formula is C11H18N2S. The first-order valence-electron chi connectivity index (χ1n) is 5.24. The van der Waals surface area contributed by atoms with Crippen LogP contribution < -0.4 is 5.73 Å². The van der Waals surface area contributed by atoms with E-state index in [4.69, 9.17) is 5.73 Å². The highest BCUT2D eigenvalue weighted by Crippen LogP contribution is 2.30. The fourth-order valence-electron chi connectivity index (χ4n) is 1.69. The summed E-state index contributed by atoms with van der Waals surface area (Å²) in [4.78, 5) is 5.15. The van der Waals surface area contributed by atoms with Crippen molar-refractivity contribution in [1.29, 1.82) is 0 Å². The summed E-state index contributed by atoms with van der Waals surface area (Å²) in [6, 6.07) is 4.35. The molecule has 2 rings (SSSR count). The lowest BCUT2D eigenvalue weighted by Gasteiger charge is -2.14. The Morgan fingerprint density at radius 1 is 1.43 bits per heavy atom. The van der Waals surface area contributed by atoms with E-state index in [1.807, 2.05) is 11.3 Å². The van der Waals surface area contributed by atoms with Crippen molar-refractivity contribution in [3.8, 4) is 0 Å². The molecule has 1 aliphatic carbocycles. The molecule has 14 heavy (non-hydrogen) atoms. The average Bonchev–Trinajstić information content (AvgIpc) is 2.83. The molecule has 78 valence electrons. The van der Waals surface area contributed by atoms with Crippen molar-refractivity contribution >= 4 is 11.3 Å².